The van der Waals surface area contributed by atoms with Crippen molar-refractivity contribution in [2.24, 2.45) is 9.98 Å². The van der Waals surface area contributed by atoms with E-state index >= 15 is 0 Å². The molecule has 1 aliphatic rings. The molecule has 9 aromatic rings. The van der Waals surface area contributed by atoms with Gasteiger partial charge in [0.15, 0.2) is 0 Å². The monoisotopic (exact) mass is 704 g/mol. The summed E-state index contributed by atoms with van der Waals surface area (Å²) in [7, 11) is 0. The summed E-state index contributed by atoms with van der Waals surface area (Å²) in [6, 6.07) is 69.7. The Labute approximate surface area is 319 Å². The second-order valence-electron chi connectivity index (χ2n) is 13.8. The molecule has 0 bridgehead atoms. The fraction of sp³-hybridized carbons (Fsp3) is 0.0196. The molecule has 2 heterocycles. The Morgan fingerprint density at radius 1 is 0.400 bits per heavy atom. The Kier molecular flexibility index (Phi) is 8.19. The summed E-state index contributed by atoms with van der Waals surface area (Å²) in [6.07, 6.45) is -0.406. The van der Waals surface area contributed by atoms with Crippen molar-refractivity contribution in [3.63, 3.8) is 0 Å². The molecule has 1 unspecified atom stereocenters. The molecule has 260 valence electrons. The summed E-state index contributed by atoms with van der Waals surface area (Å²) in [4.78, 5) is 10.1. The first-order chi connectivity index (χ1) is 27.2. The van der Waals surface area contributed by atoms with Crippen molar-refractivity contribution in [1.29, 1.82) is 0 Å². The van der Waals surface area contributed by atoms with Gasteiger partial charge in [0, 0.05) is 16.3 Å². The van der Waals surface area contributed by atoms with E-state index in [0.717, 1.165) is 60.9 Å². The minimum absolute atomic E-state index is 0.406. The van der Waals surface area contributed by atoms with Gasteiger partial charge in [0.2, 0.25) is 0 Å². The van der Waals surface area contributed by atoms with Crippen molar-refractivity contribution in [2.45, 2.75) is 6.17 Å². The lowest BCUT2D eigenvalue weighted by Gasteiger charge is -2.32. The number of furan rings is 1. The average Bonchev–Trinajstić information content (AvgIpc) is 3.65. The van der Waals surface area contributed by atoms with Gasteiger partial charge in [-0.1, -0.05) is 176 Å². The lowest BCUT2D eigenvalue weighted by atomic mass is 9.93. The van der Waals surface area contributed by atoms with Gasteiger partial charge < -0.3 is 14.7 Å². The maximum absolute atomic E-state index is 6.75. The van der Waals surface area contributed by atoms with Crippen LogP contribution in [0.1, 0.15) is 22.9 Å². The first kappa shape index (κ1) is 32.4. The molecule has 0 N–H and O–H groups in total. The van der Waals surface area contributed by atoms with E-state index in [4.69, 9.17) is 19.7 Å². The molecule has 0 radical (unpaired) electrons. The Hall–Kier alpha value is -7.30. The number of aliphatic imine (C=N–C) groups is 2. The van der Waals surface area contributed by atoms with Crippen LogP contribution in [0.5, 0.6) is 0 Å². The van der Waals surface area contributed by atoms with E-state index in [-0.39, 0.29) is 0 Å². The van der Waals surface area contributed by atoms with Crippen molar-refractivity contribution < 1.29 is 4.42 Å². The second-order valence-corrected chi connectivity index (χ2v) is 13.8. The first-order valence-electron chi connectivity index (χ1n) is 18.5. The minimum atomic E-state index is -0.406. The maximum Gasteiger partial charge on any atom is 0.143 e. The van der Waals surface area contributed by atoms with Gasteiger partial charge >= 0.3 is 0 Å². The van der Waals surface area contributed by atoms with E-state index in [1.165, 1.54) is 22.3 Å². The van der Waals surface area contributed by atoms with E-state index in [1.807, 2.05) is 66.7 Å². The highest BCUT2D eigenvalue weighted by molar-refractivity contribution is 6.20. The van der Waals surface area contributed by atoms with Crippen LogP contribution < -0.4 is 0 Å². The van der Waals surface area contributed by atoms with E-state index < -0.39 is 6.17 Å². The highest BCUT2D eigenvalue weighted by Crippen LogP contribution is 2.41. The van der Waals surface area contributed by atoms with Gasteiger partial charge in [0.25, 0.3) is 0 Å². The van der Waals surface area contributed by atoms with Crippen LogP contribution in [0.3, 0.4) is 0 Å². The molecule has 1 aliphatic heterocycles. The summed E-state index contributed by atoms with van der Waals surface area (Å²) in [5, 5.41) is 7.03. The van der Waals surface area contributed by atoms with Crippen molar-refractivity contribution >= 4 is 33.6 Å². The number of nitrogens with zero attached hydrogens (tertiary/aromatic N) is 3. The van der Waals surface area contributed by atoms with Crippen molar-refractivity contribution in [3.05, 3.63) is 222 Å². The van der Waals surface area contributed by atoms with Crippen LogP contribution in [-0.2, 0) is 0 Å². The lowest BCUT2D eigenvalue weighted by Crippen LogP contribution is -2.15. The molecular formula is C51H34N3O-. The fourth-order valence-electron chi connectivity index (χ4n) is 7.42. The Morgan fingerprint density at radius 3 is 1.47 bits per heavy atom. The molecule has 0 fully saturated rings. The standard InChI is InChI=1S/C51H34N3O/c1-5-13-34(14-6-1)36-21-23-38(24-22-36)43-32-44(39-27-25-37(26-28-39)35-15-7-2-8-16-35)48-46(33-43)45-31-42(29-30-47(45)55-48)51-53-49(40-17-9-3-10-18-40)52-50(54-51)41-19-11-4-12-20-41/h1-33,49H/q-1. The van der Waals surface area contributed by atoms with Gasteiger partial charge in [0.05, 0.1) is 12.0 Å². The molecular weight excluding hydrogens is 671 g/mol. The molecule has 10 rings (SSSR count). The molecule has 4 heteroatoms. The van der Waals surface area contributed by atoms with Crippen LogP contribution in [0.25, 0.3) is 71.8 Å². The van der Waals surface area contributed by atoms with E-state index in [9.17, 15) is 0 Å². The summed E-state index contributed by atoms with van der Waals surface area (Å²) in [5.74, 6) is 1.31. The average molecular weight is 705 g/mol. The van der Waals surface area contributed by atoms with Gasteiger partial charge in [-0.2, -0.15) is 0 Å². The van der Waals surface area contributed by atoms with Crippen LogP contribution in [-0.4, -0.2) is 11.7 Å². The molecule has 55 heavy (non-hydrogen) atoms. The zero-order chi connectivity index (χ0) is 36.6. The van der Waals surface area contributed by atoms with Crippen LogP contribution in [0.2, 0.25) is 0 Å². The van der Waals surface area contributed by atoms with Gasteiger partial charge in [-0.15, -0.1) is 0 Å². The van der Waals surface area contributed by atoms with E-state index in [2.05, 4.69) is 133 Å². The number of fused-ring (bicyclic) bond motifs is 3. The highest BCUT2D eigenvalue weighted by Gasteiger charge is 2.18. The van der Waals surface area contributed by atoms with Crippen LogP contribution >= 0.6 is 0 Å². The molecule has 0 saturated carbocycles. The third kappa shape index (κ3) is 6.30. The smallest absolute Gasteiger partial charge is 0.143 e. The van der Waals surface area contributed by atoms with Crippen molar-refractivity contribution in [1.82, 2.24) is 0 Å². The fourth-order valence-corrected chi connectivity index (χ4v) is 7.42. The van der Waals surface area contributed by atoms with Crippen molar-refractivity contribution in [3.8, 4) is 44.5 Å². The van der Waals surface area contributed by atoms with Crippen molar-refractivity contribution in [2.75, 3.05) is 0 Å². The number of benzene rings is 8. The second kappa shape index (κ2) is 13.9. The number of rotatable bonds is 7. The lowest BCUT2D eigenvalue weighted by molar-refractivity contribution is 0.670. The molecule has 0 saturated heterocycles. The molecule has 0 spiro atoms. The predicted octanol–water partition coefficient (Wildman–Crippen LogP) is 13.5. The van der Waals surface area contributed by atoms with Gasteiger partial charge in [-0.25, -0.2) is 0 Å². The summed E-state index contributed by atoms with van der Waals surface area (Å²) < 4.78 is 6.75. The van der Waals surface area contributed by atoms with E-state index in [1.54, 1.807) is 0 Å². The molecule has 1 atom stereocenters. The predicted molar refractivity (Wildman–Crippen MR) is 228 cm³/mol. The van der Waals surface area contributed by atoms with Gasteiger partial charge in [-0.3, -0.25) is 4.99 Å². The number of hydrogen-bond donors (Lipinski definition) is 0. The SMILES string of the molecule is c1ccc(C2=NC(c3ccc4oc5c(-c6ccc(-c7ccccc7)cc6)cc(-c6ccc(-c7ccccc7)cc6)cc5c4c3)=NC(c3ccccc3)[N-]2)cc1. The normalized spacial score (nSPS) is 14.0. The van der Waals surface area contributed by atoms with E-state index in [0.29, 0.717) is 11.7 Å². The highest BCUT2D eigenvalue weighted by atomic mass is 16.3. The summed E-state index contributed by atoms with van der Waals surface area (Å²) >= 11 is 0. The summed E-state index contributed by atoms with van der Waals surface area (Å²) in [6.45, 7) is 0. The quantitative estimate of drug-likeness (QED) is 0.163. The van der Waals surface area contributed by atoms with Crippen LogP contribution in [0, 0.1) is 0 Å². The van der Waals surface area contributed by atoms with Crippen LogP contribution in [0.4, 0.5) is 0 Å². The number of amidine groups is 2. The zero-order valence-corrected chi connectivity index (χ0v) is 29.9. The number of hydrogen-bond acceptors (Lipinski definition) is 3. The molecule has 0 aliphatic carbocycles. The topological polar surface area (TPSA) is 52.0 Å². The molecule has 1 aromatic heterocycles. The molecule has 4 nitrogen and oxygen atoms in total. The van der Waals surface area contributed by atoms with Gasteiger partial charge in [-0.05, 0) is 86.0 Å². The largest absolute Gasteiger partial charge is 0.455 e. The zero-order valence-electron chi connectivity index (χ0n) is 29.9. The first-order valence-corrected chi connectivity index (χ1v) is 18.5. The maximum atomic E-state index is 6.75. The van der Waals surface area contributed by atoms with Gasteiger partial charge in [0.1, 0.15) is 11.2 Å². The molecule has 0 amide bonds. The Bertz CT molecular complexity index is 2840. The Morgan fingerprint density at radius 2 is 0.873 bits per heavy atom. The third-order valence-electron chi connectivity index (χ3n) is 10.3. The molecule has 8 aromatic carbocycles. The third-order valence-corrected chi connectivity index (χ3v) is 10.3. The minimum Gasteiger partial charge on any atom is -0.455 e. The Balaban J connectivity index is 1.13. The van der Waals surface area contributed by atoms with Crippen LogP contribution in [0.15, 0.2) is 215 Å². The summed E-state index contributed by atoms with van der Waals surface area (Å²) in [5.41, 5.74) is 13.7.